The third kappa shape index (κ3) is 2.65. The minimum atomic E-state index is -0.705. The van der Waals surface area contributed by atoms with Crippen LogP contribution in [0.15, 0.2) is 18.2 Å². The zero-order chi connectivity index (χ0) is 12.2. The van der Waals surface area contributed by atoms with Crippen molar-refractivity contribution in [2.24, 2.45) is 0 Å². The molecule has 0 aliphatic carbocycles. The normalized spacial score (nSPS) is 11.5. The molecular formula is C12H20N2O2. The molecule has 0 aliphatic heterocycles. The van der Waals surface area contributed by atoms with Crippen molar-refractivity contribution in [2.75, 3.05) is 24.3 Å². The number of nitrogen functional groups attached to an aromatic ring is 1. The van der Waals surface area contributed by atoms with E-state index >= 15 is 0 Å². The molecule has 4 nitrogen and oxygen atoms in total. The van der Waals surface area contributed by atoms with Crippen LogP contribution in [-0.2, 0) is 0 Å². The Morgan fingerprint density at radius 1 is 1.31 bits per heavy atom. The van der Waals surface area contributed by atoms with Gasteiger partial charge in [0.2, 0.25) is 0 Å². The lowest BCUT2D eigenvalue weighted by molar-refractivity contribution is 0.132. The molecule has 16 heavy (non-hydrogen) atoms. The number of nitrogens with one attached hydrogen (secondary N) is 1. The van der Waals surface area contributed by atoms with Crippen LogP contribution in [0.2, 0.25) is 0 Å². The Labute approximate surface area is 96.1 Å². The van der Waals surface area contributed by atoms with E-state index in [9.17, 15) is 10.2 Å². The van der Waals surface area contributed by atoms with Gasteiger partial charge in [-0.2, -0.15) is 0 Å². The third-order valence-corrected chi connectivity index (χ3v) is 2.89. The van der Waals surface area contributed by atoms with E-state index in [4.69, 9.17) is 5.73 Å². The van der Waals surface area contributed by atoms with Crippen molar-refractivity contribution in [1.29, 1.82) is 0 Å². The van der Waals surface area contributed by atoms with Gasteiger partial charge in [0.05, 0.1) is 30.1 Å². The molecule has 0 radical (unpaired) electrons. The minimum Gasteiger partial charge on any atom is -0.397 e. The first-order chi connectivity index (χ1) is 7.56. The highest BCUT2D eigenvalue weighted by Gasteiger charge is 2.26. The number of rotatable bonds is 5. The average Bonchev–Trinajstić information content (AvgIpc) is 2.29. The molecule has 0 aliphatic rings. The second-order valence-corrected chi connectivity index (χ2v) is 4.17. The van der Waals surface area contributed by atoms with Gasteiger partial charge in [-0.15, -0.1) is 0 Å². The molecule has 1 rings (SSSR count). The maximum absolute atomic E-state index is 9.32. The molecule has 90 valence electrons. The topological polar surface area (TPSA) is 78.5 Å². The molecule has 4 heteroatoms. The fraction of sp³-hybridized carbons (Fsp3) is 0.500. The van der Waals surface area contributed by atoms with Crippen molar-refractivity contribution in [3.8, 4) is 0 Å². The monoisotopic (exact) mass is 224 g/mol. The van der Waals surface area contributed by atoms with E-state index in [1.807, 2.05) is 32.0 Å². The molecule has 0 unspecified atom stereocenters. The van der Waals surface area contributed by atoms with Crippen LogP contribution in [0.3, 0.4) is 0 Å². The first kappa shape index (κ1) is 12.8. The molecule has 0 bridgehead atoms. The third-order valence-electron chi connectivity index (χ3n) is 2.89. The molecule has 1 aromatic rings. The second-order valence-electron chi connectivity index (χ2n) is 4.17. The van der Waals surface area contributed by atoms with Crippen LogP contribution in [0.25, 0.3) is 0 Å². The summed E-state index contributed by atoms with van der Waals surface area (Å²) in [6.45, 7) is 3.61. The zero-order valence-corrected chi connectivity index (χ0v) is 9.83. The number of anilines is 2. The van der Waals surface area contributed by atoms with E-state index in [-0.39, 0.29) is 13.2 Å². The van der Waals surface area contributed by atoms with Gasteiger partial charge in [-0.3, -0.25) is 0 Å². The number of hydrogen-bond acceptors (Lipinski definition) is 4. The molecule has 5 N–H and O–H groups in total. The van der Waals surface area contributed by atoms with Crippen LogP contribution in [0.1, 0.15) is 18.9 Å². The predicted octanol–water partition coefficient (Wildman–Crippen LogP) is 1.12. The highest BCUT2D eigenvalue weighted by atomic mass is 16.3. The number of benzene rings is 1. The Bertz CT molecular complexity index is 341. The van der Waals surface area contributed by atoms with E-state index < -0.39 is 5.54 Å². The molecule has 1 aromatic carbocycles. The van der Waals surface area contributed by atoms with Crippen molar-refractivity contribution in [3.05, 3.63) is 23.8 Å². The van der Waals surface area contributed by atoms with Gasteiger partial charge < -0.3 is 21.3 Å². The zero-order valence-electron chi connectivity index (χ0n) is 9.83. The summed E-state index contributed by atoms with van der Waals surface area (Å²) in [6.07, 6.45) is 0.618. The summed E-state index contributed by atoms with van der Waals surface area (Å²) in [6, 6.07) is 5.66. The van der Waals surface area contributed by atoms with Gasteiger partial charge in [0.25, 0.3) is 0 Å². The van der Waals surface area contributed by atoms with Gasteiger partial charge in [-0.1, -0.05) is 13.0 Å². The second kappa shape index (κ2) is 5.18. The van der Waals surface area contributed by atoms with Crippen LogP contribution in [0, 0.1) is 6.92 Å². The highest BCUT2D eigenvalue weighted by Crippen LogP contribution is 2.24. The van der Waals surface area contributed by atoms with Crippen LogP contribution in [-0.4, -0.2) is 29.0 Å². The van der Waals surface area contributed by atoms with Crippen LogP contribution >= 0.6 is 0 Å². The van der Waals surface area contributed by atoms with Gasteiger partial charge in [-0.25, -0.2) is 0 Å². The lowest BCUT2D eigenvalue weighted by atomic mass is 9.97. The fourth-order valence-corrected chi connectivity index (χ4v) is 1.52. The Kier molecular flexibility index (Phi) is 4.15. The lowest BCUT2D eigenvalue weighted by Gasteiger charge is -2.31. The Morgan fingerprint density at radius 2 is 1.94 bits per heavy atom. The molecule has 0 atom stereocenters. The van der Waals surface area contributed by atoms with Gasteiger partial charge in [0.1, 0.15) is 0 Å². The quantitative estimate of drug-likeness (QED) is 0.565. The van der Waals surface area contributed by atoms with Crippen LogP contribution < -0.4 is 11.1 Å². The van der Waals surface area contributed by atoms with E-state index in [2.05, 4.69) is 5.32 Å². The molecule has 0 spiro atoms. The molecular weight excluding hydrogens is 204 g/mol. The van der Waals surface area contributed by atoms with Crippen LogP contribution in [0.5, 0.6) is 0 Å². The maximum atomic E-state index is 9.32. The number of aliphatic hydroxyl groups excluding tert-OH is 2. The molecule has 0 fully saturated rings. The molecule has 0 aromatic heterocycles. The number of nitrogens with two attached hydrogens (primary N) is 1. The van der Waals surface area contributed by atoms with Gasteiger partial charge >= 0.3 is 0 Å². The highest BCUT2D eigenvalue weighted by molar-refractivity contribution is 5.67. The van der Waals surface area contributed by atoms with Crippen molar-refractivity contribution >= 4 is 11.4 Å². The summed E-state index contributed by atoms with van der Waals surface area (Å²) in [5, 5.41) is 21.8. The van der Waals surface area contributed by atoms with Gasteiger partial charge in [-0.05, 0) is 31.0 Å². The van der Waals surface area contributed by atoms with Crippen molar-refractivity contribution in [2.45, 2.75) is 25.8 Å². The summed E-state index contributed by atoms with van der Waals surface area (Å²) in [4.78, 5) is 0. The van der Waals surface area contributed by atoms with Gasteiger partial charge in [0.15, 0.2) is 0 Å². The molecule has 0 saturated carbocycles. The number of hydrogen-bond donors (Lipinski definition) is 4. The van der Waals surface area contributed by atoms with E-state index in [0.29, 0.717) is 12.1 Å². The Morgan fingerprint density at radius 3 is 2.38 bits per heavy atom. The number of aliphatic hydroxyl groups is 2. The van der Waals surface area contributed by atoms with E-state index in [1.165, 1.54) is 0 Å². The van der Waals surface area contributed by atoms with E-state index in [1.54, 1.807) is 0 Å². The van der Waals surface area contributed by atoms with E-state index in [0.717, 1.165) is 11.3 Å². The summed E-state index contributed by atoms with van der Waals surface area (Å²) < 4.78 is 0. The predicted molar refractivity (Wildman–Crippen MR) is 66.4 cm³/mol. The van der Waals surface area contributed by atoms with Crippen molar-refractivity contribution < 1.29 is 10.2 Å². The van der Waals surface area contributed by atoms with Gasteiger partial charge in [0, 0.05) is 0 Å². The summed E-state index contributed by atoms with van der Waals surface area (Å²) in [5.41, 5.74) is 7.61. The summed E-state index contributed by atoms with van der Waals surface area (Å²) in [7, 11) is 0. The molecule has 0 amide bonds. The van der Waals surface area contributed by atoms with Crippen molar-refractivity contribution in [1.82, 2.24) is 0 Å². The first-order valence-corrected chi connectivity index (χ1v) is 5.43. The first-order valence-electron chi connectivity index (χ1n) is 5.43. The van der Waals surface area contributed by atoms with Crippen molar-refractivity contribution in [3.63, 3.8) is 0 Å². The number of aryl methyl sites for hydroxylation is 1. The summed E-state index contributed by atoms with van der Waals surface area (Å²) >= 11 is 0. The smallest absolute Gasteiger partial charge is 0.0832 e. The van der Waals surface area contributed by atoms with Crippen LogP contribution in [0.4, 0.5) is 11.4 Å². The molecule has 0 heterocycles. The average molecular weight is 224 g/mol. The Hall–Kier alpha value is -1.26. The summed E-state index contributed by atoms with van der Waals surface area (Å²) in [5.74, 6) is 0. The fourth-order valence-electron chi connectivity index (χ4n) is 1.52. The molecule has 0 saturated heterocycles. The SMILES string of the molecule is CCC(CO)(CO)Nc1ccc(C)cc1N. The largest absolute Gasteiger partial charge is 0.397 e. The lowest BCUT2D eigenvalue weighted by Crippen LogP contribution is -2.45. The standard InChI is InChI=1S/C12H20N2O2/c1-3-12(7-15,8-16)14-11-5-4-9(2)6-10(11)13/h4-6,14-16H,3,7-8,13H2,1-2H3. The Balaban J connectivity index is 2.93. The maximum Gasteiger partial charge on any atom is 0.0832 e. The minimum absolute atomic E-state index is 0.132.